The molecule has 0 saturated carbocycles. The van der Waals surface area contributed by atoms with Gasteiger partial charge in [-0.15, -0.1) is 0 Å². The minimum absolute atomic E-state index is 0.0460. The van der Waals surface area contributed by atoms with Crippen molar-refractivity contribution in [3.8, 4) is 11.8 Å². The van der Waals surface area contributed by atoms with Crippen molar-refractivity contribution < 1.29 is 9.13 Å². The average molecular weight is 223 g/mol. The van der Waals surface area contributed by atoms with E-state index < -0.39 is 5.82 Å². The molecule has 0 radical (unpaired) electrons. The minimum atomic E-state index is -0.673. The monoisotopic (exact) mass is 223 g/mol. The third kappa shape index (κ3) is 1.92. The molecule has 0 atom stereocenters. The average Bonchev–Trinajstić information content (AvgIpc) is 2.51. The Balaban J connectivity index is 2.33. The van der Waals surface area contributed by atoms with Gasteiger partial charge in [-0.05, 0) is 6.92 Å². The van der Waals surface area contributed by atoms with Gasteiger partial charge in [0.15, 0.2) is 0 Å². The van der Waals surface area contributed by atoms with Crippen LogP contribution in [-0.2, 0) is 7.05 Å². The lowest BCUT2D eigenvalue weighted by atomic mass is 10.5. The quantitative estimate of drug-likeness (QED) is 0.822. The molecule has 2 aromatic rings. The van der Waals surface area contributed by atoms with Crippen LogP contribution in [0.15, 0.2) is 12.3 Å². The van der Waals surface area contributed by atoms with Crippen molar-refractivity contribution in [1.29, 1.82) is 0 Å². The van der Waals surface area contributed by atoms with Gasteiger partial charge in [-0.25, -0.2) is 9.67 Å². The molecule has 0 aliphatic heterocycles. The number of nitrogens with two attached hydrogens (primary N) is 1. The Morgan fingerprint density at radius 3 is 2.88 bits per heavy atom. The second-order valence-corrected chi connectivity index (χ2v) is 3.23. The Hall–Kier alpha value is -2.18. The summed E-state index contributed by atoms with van der Waals surface area (Å²) < 4.78 is 20.0. The molecular weight excluding hydrogens is 213 g/mol. The molecule has 0 aromatic carbocycles. The lowest BCUT2D eigenvalue weighted by Crippen LogP contribution is -2.01. The summed E-state index contributed by atoms with van der Waals surface area (Å²) in [5, 5.41) is 4.05. The third-order valence-corrected chi connectivity index (χ3v) is 1.89. The zero-order chi connectivity index (χ0) is 11.7. The van der Waals surface area contributed by atoms with Gasteiger partial charge >= 0.3 is 0 Å². The number of aromatic nitrogens is 4. The van der Waals surface area contributed by atoms with Crippen LogP contribution in [-0.4, -0.2) is 19.7 Å². The molecule has 0 amide bonds. The summed E-state index contributed by atoms with van der Waals surface area (Å²) in [6.45, 7) is 1.80. The highest BCUT2D eigenvalue weighted by Crippen LogP contribution is 2.22. The van der Waals surface area contributed by atoms with E-state index in [1.165, 1.54) is 4.68 Å². The lowest BCUT2D eigenvalue weighted by molar-refractivity contribution is 0.386. The summed E-state index contributed by atoms with van der Waals surface area (Å²) >= 11 is 0. The van der Waals surface area contributed by atoms with E-state index in [1.54, 1.807) is 20.0 Å². The summed E-state index contributed by atoms with van der Waals surface area (Å²) in [6, 6.07) is 1.66. The predicted octanol–water partition coefficient (Wildman–Crippen LogP) is 1.03. The van der Waals surface area contributed by atoms with Crippen LogP contribution in [0.1, 0.15) is 5.69 Å². The van der Waals surface area contributed by atoms with Crippen molar-refractivity contribution in [2.75, 3.05) is 5.73 Å². The first-order chi connectivity index (χ1) is 7.56. The molecule has 0 aliphatic carbocycles. The van der Waals surface area contributed by atoms with Crippen LogP contribution in [0, 0.1) is 12.7 Å². The number of nitrogen functional groups attached to an aromatic ring is 1. The van der Waals surface area contributed by atoms with E-state index in [9.17, 15) is 4.39 Å². The number of hydrogen-bond donors (Lipinski definition) is 1. The zero-order valence-electron chi connectivity index (χ0n) is 8.81. The van der Waals surface area contributed by atoms with Gasteiger partial charge in [0.05, 0.1) is 11.9 Å². The van der Waals surface area contributed by atoms with E-state index >= 15 is 0 Å². The molecule has 0 bridgehead atoms. The normalized spacial score (nSPS) is 10.4. The van der Waals surface area contributed by atoms with Gasteiger partial charge in [0.25, 0.3) is 5.88 Å². The second-order valence-electron chi connectivity index (χ2n) is 3.23. The Morgan fingerprint density at radius 2 is 2.25 bits per heavy atom. The fraction of sp³-hybridized carbons (Fsp3) is 0.222. The Kier molecular flexibility index (Phi) is 2.43. The van der Waals surface area contributed by atoms with Crippen molar-refractivity contribution >= 4 is 5.95 Å². The van der Waals surface area contributed by atoms with E-state index in [1.807, 2.05) is 0 Å². The van der Waals surface area contributed by atoms with Crippen LogP contribution in [0.2, 0.25) is 0 Å². The number of halogens is 1. The van der Waals surface area contributed by atoms with Crippen LogP contribution in [0.4, 0.5) is 10.3 Å². The van der Waals surface area contributed by atoms with E-state index in [0.717, 1.165) is 11.9 Å². The van der Waals surface area contributed by atoms with Crippen LogP contribution in [0.25, 0.3) is 0 Å². The summed E-state index contributed by atoms with van der Waals surface area (Å²) in [6.07, 6.45) is 0.959. The third-order valence-electron chi connectivity index (χ3n) is 1.89. The number of hydrogen-bond acceptors (Lipinski definition) is 5. The molecule has 0 aliphatic rings. The first-order valence-corrected chi connectivity index (χ1v) is 4.53. The van der Waals surface area contributed by atoms with Crippen molar-refractivity contribution in [3.05, 3.63) is 23.8 Å². The summed E-state index contributed by atoms with van der Waals surface area (Å²) in [7, 11) is 1.69. The van der Waals surface area contributed by atoms with E-state index in [4.69, 9.17) is 10.5 Å². The smallest absolute Gasteiger partial charge is 0.262 e. The number of aryl methyl sites for hydroxylation is 2. The Morgan fingerprint density at radius 1 is 1.50 bits per heavy atom. The maximum Gasteiger partial charge on any atom is 0.262 e. The molecule has 16 heavy (non-hydrogen) atoms. The van der Waals surface area contributed by atoms with Gasteiger partial charge in [-0.3, -0.25) is 0 Å². The number of nitrogens with zero attached hydrogens (tertiary/aromatic N) is 4. The molecule has 7 heteroatoms. The van der Waals surface area contributed by atoms with E-state index in [-0.39, 0.29) is 11.8 Å². The fourth-order valence-corrected chi connectivity index (χ4v) is 1.22. The van der Waals surface area contributed by atoms with Crippen molar-refractivity contribution in [2.24, 2.45) is 7.05 Å². The van der Waals surface area contributed by atoms with Crippen molar-refractivity contribution in [2.45, 2.75) is 6.92 Å². The standard InChI is InChI=1S/C9H10FN5O/c1-5-3-7(15(2)14-5)16-8-6(10)4-12-9(11)13-8/h3-4H,1-2H3,(H2,11,12,13). The molecule has 6 nitrogen and oxygen atoms in total. The van der Waals surface area contributed by atoms with Crippen molar-refractivity contribution in [1.82, 2.24) is 19.7 Å². The Labute approximate surface area is 90.9 Å². The van der Waals surface area contributed by atoms with Gasteiger partial charge in [0, 0.05) is 13.1 Å². The summed E-state index contributed by atoms with van der Waals surface area (Å²) in [5.41, 5.74) is 6.10. The number of anilines is 1. The van der Waals surface area contributed by atoms with E-state index in [2.05, 4.69) is 15.1 Å². The summed E-state index contributed by atoms with van der Waals surface area (Å²) in [5.74, 6) is -0.548. The van der Waals surface area contributed by atoms with Crippen LogP contribution < -0.4 is 10.5 Å². The molecular formula is C9H10FN5O. The summed E-state index contributed by atoms with van der Waals surface area (Å²) in [4.78, 5) is 7.14. The lowest BCUT2D eigenvalue weighted by Gasteiger charge is -2.04. The van der Waals surface area contributed by atoms with Gasteiger partial charge in [0.2, 0.25) is 17.6 Å². The first-order valence-electron chi connectivity index (χ1n) is 4.53. The van der Waals surface area contributed by atoms with Crippen molar-refractivity contribution in [3.63, 3.8) is 0 Å². The first kappa shape index (κ1) is 10.3. The maximum absolute atomic E-state index is 13.3. The van der Waals surface area contributed by atoms with Crippen LogP contribution in [0.5, 0.6) is 11.8 Å². The van der Waals surface area contributed by atoms with Gasteiger partial charge in [-0.1, -0.05) is 0 Å². The SMILES string of the molecule is Cc1cc(Oc2nc(N)ncc2F)n(C)n1. The van der Waals surface area contributed by atoms with Gasteiger partial charge in [0.1, 0.15) is 0 Å². The van der Waals surface area contributed by atoms with Gasteiger partial charge < -0.3 is 10.5 Å². The molecule has 0 spiro atoms. The molecule has 2 rings (SSSR count). The van der Waals surface area contributed by atoms with Crippen LogP contribution in [0.3, 0.4) is 0 Å². The highest BCUT2D eigenvalue weighted by atomic mass is 19.1. The molecule has 0 unspecified atom stereocenters. The van der Waals surface area contributed by atoms with E-state index in [0.29, 0.717) is 5.88 Å². The largest absolute Gasteiger partial charge is 0.418 e. The molecule has 0 saturated heterocycles. The number of ether oxygens (including phenoxy) is 1. The Bertz CT molecular complexity index is 525. The zero-order valence-corrected chi connectivity index (χ0v) is 8.81. The molecule has 0 fully saturated rings. The van der Waals surface area contributed by atoms with Gasteiger partial charge in [-0.2, -0.15) is 14.5 Å². The van der Waals surface area contributed by atoms with Crippen LogP contribution >= 0.6 is 0 Å². The fourth-order valence-electron chi connectivity index (χ4n) is 1.22. The molecule has 2 N–H and O–H groups in total. The molecule has 2 aromatic heterocycles. The molecule has 2 heterocycles. The number of rotatable bonds is 2. The highest BCUT2D eigenvalue weighted by molar-refractivity contribution is 5.26. The second kappa shape index (κ2) is 3.76. The maximum atomic E-state index is 13.3. The predicted molar refractivity (Wildman–Crippen MR) is 54.4 cm³/mol. The highest BCUT2D eigenvalue weighted by Gasteiger charge is 2.11. The topological polar surface area (TPSA) is 78.9 Å². The molecule has 84 valence electrons. The minimum Gasteiger partial charge on any atom is -0.418 e.